The molecule has 3 aromatic heterocycles. The number of nitrogens with zero attached hydrogens (tertiary/aromatic N) is 4. The lowest BCUT2D eigenvalue weighted by Gasteiger charge is -2.09. The van der Waals surface area contributed by atoms with Crippen LogP contribution in [0.4, 0.5) is 0 Å². The van der Waals surface area contributed by atoms with Crippen LogP contribution < -0.4 is 5.69 Å². The standard InChI is InChI=1S/C20H14N4OS/c25-20-23(19-17(10-11-26-19)18-21-13-22-24(18)20)12-14-6-8-16(9-7-14)15-4-2-1-3-5-15/h1-11,13H,12H2. The van der Waals surface area contributed by atoms with Crippen LogP contribution in [0.25, 0.3) is 27.0 Å². The van der Waals surface area contributed by atoms with Crippen molar-refractivity contribution >= 4 is 27.2 Å². The summed E-state index contributed by atoms with van der Waals surface area (Å²) in [5.41, 5.74) is 3.86. The van der Waals surface area contributed by atoms with Gasteiger partial charge in [0.1, 0.15) is 11.2 Å². The van der Waals surface area contributed by atoms with Crippen LogP contribution in [-0.2, 0) is 6.54 Å². The highest BCUT2D eigenvalue weighted by Gasteiger charge is 2.13. The summed E-state index contributed by atoms with van der Waals surface area (Å²) in [6.45, 7) is 0.501. The summed E-state index contributed by atoms with van der Waals surface area (Å²) >= 11 is 1.55. The van der Waals surface area contributed by atoms with Crippen LogP contribution in [0, 0.1) is 0 Å². The maximum absolute atomic E-state index is 12.8. The Kier molecular flexibility index (Phi) is 3.43. The van der Waals surface area contributed by atoms with Gasteiger partial charge in [0.2, 0.25) is 0 Å². The van der Waals surface area contributed by atoms with Crippen LogP contribution in [0.5, 0.6) is 0 Å². The Morgan fingerprint density at radius 1 is 0.923 bits per heavy atom. The predicted molar refractivity (Wildman–Crippen MR) is 104 cm³/mol. The van der Waals surface area contributed by atoms with Crippen molar-refractivity contribution < 1.29 is 0 Å². The largest absolute Gasteiger partial charge is 0.352 e. The zero-order valence-corrected chi connectivity index (χ0v) is 14.6. The molecule has 0 saturated carbocycles. The Balaban J connectivity index is 1.58. The van der Waals surface area contributed by atoms with Crippen LogP contribution in [-0.4, -0.2) is 19.2 Å². The molecule has 0 atom stereocenters. The van der Waals surface area contributed by atoms with Gasteiger partial charge < -0.3 is 0 Å². The van der Waals surface area contributed by atoms with Crippen molar-refractivity contribution in [3.8, 4) is 11.1 Å². The zero-order valence-electron chi connectivity index (χ0n) is 13.7. The Morgan fingerprint density at radius 3 is 2.50 bits per heavy atom. The number of fused-ring (bicyclic) bond motifs is 3. The average molecular weight is 358 g/mol. The van der Waals surface area contributed by atoms with Crippen LogP contribution in [0.2, 0.25) is 0 Å². The van der Waals surface area contributed by atoms with E-state index in [9.17, 15) is 4.79 Å². The summed E-state index contributed by atoms with van der Waals surface area (Å²) in [5, 5.41) is 7.01. The summed E-state index contributed by atoms with van der Waals surface area (Å²) < 4.78 is 3.13. The smallest absolute Gasteiger partial charge is 0.278 e. The van der Waals surface area contributed by atoms with Gasteiger partial charge in [-0.3, -0.25) is 4.57 Å². The topological polar surface area (TPSA) is 52.2 Å². The third kappa shape index (κ3) is 2.34. The third-order valence-corrected chi connectivity index (χ3v) is 5.43. The maximum atomic E-state index is 12.8. The van der Waals surface area contributed by atoms with Gasteiger partial charge in [0, 0.05) is 0 Å². The molecule has 0 spiro atoms. The second kappa shape index (κ2) is 5.93. The van der Waals surface area contributed by atoms with E-state index in [0.717, 1.165) is 21.3 Å². The maximum Gasteiger partial charge on any atom is 0.352 e. The average Bonchev–Trinajstić information content (AvgIpc) is 3.35. The Hall–Kier alpha value is -3.25. The SMILES string of the molecule is O=c1n(Cc2ccc(-c3ccccc3)cc2)c2sccc2c2ncnn12. The minimum atomic E-state index is -0.167. The van der Waals surface area contributed by atoms with Crippen molar-refractivity contribution in [2.75, 3.05) is 0 Å². The van der Waals surface area contributed by atoms with E-state index >= 15 is 0 Å². The minimum absolute atomic E-state index is 0.167. The van der Waals surface area contributed by atoms with Gasteiger partial charge in [-0.1, -0.05) is 54.6 Å². The van der Waals surface area contributed by atoms with E-state index in [1.807, 2.05) is 29.6 Å². The molecular formula is C20H14N4OS. The predicted octanol–water partition coefficient (Wildman–Crippen LogP) is 3.82. The van der Waals surface area contributed by atoms with E-state index in [0.29, 0.717) is 12.2 Å². The number of rotatable bonds is 3. The van der Waals surface area contributed by atoms with Gasteiger partial charge in [0.15, 0.2) is 5.65 Å². The lowest BCUT2D eigenvalue weighted by Crippen LogP contribution is -2.27. The number of benzene rings is 2. The molecule has 0 fully saturated rings. The second-order valence-corrected chi connectivity index (χ2v) is 6.96. The van der Waals surface area contributed by atoms with Gasteiger partial charge in [-0.25, -0.2) is 9.78 Å². The highest BCUT2D eigenvalue weighted by molar-refractivity contribution is 7.16. The molecular weight excluding hydrogens is 344 g/mol. The molecule has 3 heterocycles. The molecule has 0 aliphatic heterocycles. The quantitative estimate of drug-likeness (QED) is 0.493. The number of thiophene rings is 1. The first kappa shape index (κ1) is 15.0. The van der Waals surface area contributed by atoms with Crippen LogP contribution in [0.15, 0.2) is 77.2 Å². The number of hydrogen-bond donors (Lipinski definition) is 0. The molecule has 0 aliphatic carbocycles. The van der Waals surface area contributed by atoms with E-state index in [2.05, 4.69) is 46.5 Å². The van der Waals surface area contributed by atoms with E-state index < -0.39 is 0 Å². The summed E-state index contributed by atoms with van der Waals surface area (Å²) in [6.07, 6.45) is 1.42. The van der Waals surface area contributed by atoms with Gasteiger partial charge in [-0.2, -0.15) is 9.61 Å². The van der Waals surface area contributed by atoms with Gasteiger partial charge in [0.05, 0.1) is 11.9 Å². The van der Waals surface area contributed by atoms with E-state index in [4.69, 9.17) is 0 Å². The van der Waals surface area contributed by atoms with E-state index in [1.54, 1.807) is 15.9 Å². The van der Waals surface area contributed by atoms with E-state index in [1.165, 1.54) is 16.4 Å². The van der Waals surface area contributed by atoms with E-state index in [-0.39, 0.29) is 5.69 Å². The first-order valence-corrected chi connectivity index (χ1v) is 9.13. The zero-order chi connectivity index (χ0) is 17.5. The monoisotopic (exact) mass is 358 g/mol. The molecule has 2 aromatic carbocycles. The van der Waals surface area contributed by atoms with Crippen LogP contribution in [0.1, 0.15) is 5.56 Å². The van der Waals surface area contributed by atoms with Crippen LogP contribution in [0.3, 0.4) is 0 Å². The van der Waals surface area contributed by atoms with Crippen LogP contribution >= 0.6 is 11.3 Å². The van der Waals surface area contributed by atoms with Crippen molar-refractivity contribution in [2.45, 2.75) is 6.54 Å². The molecule has 0 aliphatic rings. The van der Waals surface area contributed by atoms with Crippen molar-refractivity contribution in [3.05, 3.63) is 88.4 Å². The molecule has 126 valence electrons. The Labute approximate surface area is 152 Å². The third-order valence-electron chi connectivity index (χ3n) is 4.49. The van der Waals surface area contributed by atoms with Gasteiger partial charge in [-0.05, 0) is 28.1 Å². The number of hydrogen-bond acceptors (Lipinski definition) is 4. The van der Waals surface area contributed by atoms with Crippen molar-refractivity contribution in [1.82, 2.24) is 19.2 Å². The normalized spacial score (nSPS) is 11.4. The first-order chi connectivity index (χ1) is 12.8. The highest BCUT2D eigenvalue weighted by Crippen LogP contribution is 2.24. The fourth-order valence-electron chi connectivity index (χ4n) is 3.20. The first-order valence-electron chi connectivity index (χ1n) is 8.25. The molecule has 5 rings (SSSR count). The molecule has 6 heteroatoms. The summed E-state index contributed by atoms with van der Waals surface area (Å²) in [6, 6.07) is 20.6. The molecule has 0 bridgehead atoms. The van der Waals surface area contributed by atoms with Gasteiger partial charge in [-0.15, -0.1) is 11.3 Å². The summed E-state index contributed by atoms with van der Waals surface area (Å²) in [5.74, 6) is 0. The fraction of sp³-hybridized carbons (Fsp3) is 0.0500. The second-order valence-electron chi connectivity index (χ2n) is 6.07. The molecule has 0 radical (unpaired) electrons. The molecule has 5 aromatic rings. The lowest BCUT2D eigenvalue weighted by molar-refractivity contribution is 0.720. The molecule has 0 unspecified atom stereocenters. The highest BCUT2D eigenvalue weighted by atomic mass is 32.1. The van der Waals surface area contributed by atoms with Gasteiger partial charge in [0.25, 0.3) is 0 Å². The number of aromatic nitrogens is 4. The molecule has 0 N–H and O–H groups in total. The van der Waals surface area contributed by atoms with Crippen molar-refractivity contribution in [1.29, 1.82) is 0 Å². The fourth-order valence-corrected chi connectivity index (χ4v) is 4.09. The Morgan fingerprint density at radius 2 is 1.69 bits per heavy atom. The van der Waals surface area contributed by atoms with Gasteiger partial charge >= 0.3 is 5.69 Å². The summed E-state index contributed by atoms with van der Waals surface area (Å²) in [7, 11) is 0. The van der Waals surface area contributed by atoms with Crippen molar-refractivity contribution in [3.63, 3.8) is 0 Å². The molecule has 0 amide bonds. The lowest BCUT2D eigenvalue weighted by atomic mass is 10.0. The molecule has 26 heavy (non-hydrogen) atoms. The Bertz CT molecular complexity index is 1270. The summed E-state index contributed by atoms with van der Waals surface area (Å²) in [4.78, 5) is 18.0. The molecule has 0 saturated heterocycles. The van der Waals surface area contributed by atoms with Crippen molar-refractivity contribution in [2.24, 2.45) is 0 Å². The minimum Gasteiger partial charge on any atom is -0.278 e. The molecule has 5 nitrogen and oxygen atoms in total.